The minimum atomic E-state index is -0.728. The number of aromatic amines is 1. The van der Waals surface area contributed by atoms with Crippen LogP contribution in [0.3, 0.4) is 0 Å². The molecule has 2 rings (SSSR count). The molecular formula is C13H12FN3O3. The molecule has 0 atom stereocenters. The lowest BCUT2D eigenvalue weighted by atomic mass is 10.2. The summed E-state index contributed by atoms with van der Waals surface area (Å²) in [6.45, 7) is 1.51. The summed E-state index contributed by atoms with van der Waals surface area (Å²) in [4.78, 5) is 29.2. The number of aromatic hydroxyl groups is 1. The third-order valence-corrected chi connectivity index (χ3v) is 2.78. The monoisotopic (exact) mass is 277 g/mol. The highest BCUT2D eigenvalue weighted by Crippen LogP contribution is 2.16. The van der Waals surface area contributed by atoms with Crippen LogP contribution >= 0.6 is 0 Å². The van der Waals surface area contributed by atoms with Gasteiger partial charge in [-0.3, -0.25) is 19.3 Å². The Balaban J connectivity index is 2.57. The molecule has 0 saturated carbocycles. The molecule has 2 N–H and O–H groups in total. The first kappa shape index (κ1) is 13.7. The number of nitrogens with one attached hydrogen (secondary N) is 1. The Bertz CT molecular complexity index is 788. The summed E-state index contributed by atoms with van der Waals surface area (Å²) >= 11 is 0. The number of rotatable bonds is 2. The Hall–Kier alpha value is -2.70. The third-order valence-electron chi connectivity index (χ3n) is 2.78. The van der Waals surface area contributed by atoms with E-state index in [0.29, 0.717) is 5.69 Å². The van der Waals surface area contributed by atoms with E-state index < -0.39 is 22.9 Å². The summed E-state index contributed by atoms with van der Waals surface area (Å²) in [5, 5.41) is 9.85. The topological polar surface area (TPSA) is 87.4 Å². The van der Waals surface area contributed by atoms with Crippen molar-refractivity contribution in [2.45, 2.75) is 6.92 Å². The average Bonchev–Trinajstić information content (AvgIpc) is 2.39. The number of aliphatic imine (C=N–C) groups is 1. The molecule has 1 aromatic carbocycles. The molecule has 1 aromatic heterocycles. The minimum Gasteiger partial charge on any atom is -0.494 e. The molecule has 0 fully saturated rings. The SMILES string of the molecule is CC(=Nc1ccc(F)cc1)c1c(O)n(C)c(=O)[nH]c1=O. The van der Waals surface area contributed by atoms with E-state index in [0.717, 1.165) is 4.57 Å². The van der Waals surface area contributed by atoms with Crippen molar-refractivity contribution in [3.05, 3.63) is 56.5 Å². The Morgan fingerprint density at radius 1 is 1.30 bits per heavy atom. The van der Waals surface area contributed by atoms with E-state index in [4.69, 9.17) is 0 Å². The molecule has 0 radical (unpaired) electrons. The van der Waals surface area contributed by atoms with Gasteiger partial charge in [0.2, 0.25) is 5.88 Å². The van der Waals surface area contributed by atoms with Gasteiger partial charge in [-0.25, -0.2) is 9.18 Å². The molecule has 2 aromatic rings. The number of aromatic nitrogens is 2. The highest BCUT2D eigenvalue weighted by molar-refractivity contribution is 6.01. The van der Waals surface area contributed by atoms with Gasteiger partial charge in [0.1, 0.15) is 11.4 Å². The zero-order valence-electron chi connectivity index (χ0n) is 10.8. The largest absolute Gasteiger partial charge is 0.494 e. The molecule has 20 heavy (non-hydrogen) atoms. The molecule has 0 saturated heterocycles. The Labute approximate surface area is 112 Å². The van der Waals surface area contributed by atoms with Crippen molar-refractivity contribution in [2.24, 2.45) is 12.0 Å². The van der Waals surface area contributed by atoms with E-state index in [1.807, 2.05) is 0 Å². The van der Waals surface area contributed by atoms with Crippen molar-refractivity contribution in [3.8, 4) is 5.88 Å². The summed E-state index contributed by atoms with van der Waals surface area (Å²) in [6, 6.07) is 5.34. The van der Waals surface area contributed by atoms with Crippen LogP contribution in [-0.4, -0.2) is 20.4 Å². The van der Waals surface area contributed by atoms with Crippen LogP contribution in [-0.2, 0) is 7.05 Å². The minimum absolute atomic E-state index is 0.101. The molecule has 104 valence electrons. The highest BCUT2D eigenvalue weighted by atomic mass is 19.1. The molecule has 0 aliphatic carbocycles. The van der Waals surface area contributed by atoms with E-state index in [9.17, 15) is 19.1 Å². The molecule has 0 bridgehead atoms. The predicted molar refractivity (Wildman–Crippen MR) is 72.2 cm³/mol. The third kappa shape index (κ3) is 2.51. The van der Waals surface area contributed by atoms with E-state index in [1.165, 1.54) is 38.2 Å². The van der Waals surface area contributed by atoms with Crippen LogP contribution in [0.2, 0.25) is 0 Å². The van der Waals surface area contributed by atoms with Crippen LogP contribution in [0.15, 0.2) is 38.8 Å². The Kier molecular flexibility index (Phi) is 3.51. The van der Waals surface area contributed by atoms with Crippen LogP contribution < -0.4 is 11.2 Å². The van der Waals surface area contributed by atoms with Gasteiger partial charge in [0.15, 0.2) is 0 Å². The van der Waals surface area contributed by atoms with Gasteiger partial charge < -0.3 is 5.11 Å². The lowest BCUT2D eigenvalue weighted by molar-refractivity contribution is 0.416. The van der Waals surface area contributed by atoms with Crippen LogP contribution in [0.1, 0.15) is 12.5 Å². The maximum Gasteiger partial charge on any atom is 0.330 e. The number of H-pyrrole nitrogens is 1. The maximum absolute atomic E-state index is 12.8. The van der Waals surface area contributed by atoms with Gasteiger partial charge in [-0.15, -0.1) is 0 Å². The second-order valence-electron chi connectivity index (χ2n) is 4.19. The van der Waals surface area contributed by atoms with Gasteiger partial charge in [0, 0.05) is 7.05 Å². The van der Waals surface area contributed by atoms with E-state index in [1.54, 1.807) is 0 Å². The second kappa shape index (κ2) is 5.12. The van der Waals surface area contributed by atoms with Crippen LogP contribution in [0.25, 0.3) is 0 Å². The van der Waals surface area contributed by atoms with E-state index in [-0.39, 0.29) is 11.3 Å². The zero-order valence-corrected chi connectivity index (χ0v) is 10.8. The van der Waals surface area contributed by atoms with Gasteiger partial charge in [-0.1, -0.05) is 0 Å². The van der Waals surface area contributed by atoms with Crippen molar-refractivity contribution in [1.82, 2.24) is 9.55 Å². The predicted octanol–water partition coefficient (Wildman–Crippen LogP) is 1.06. The van der Waals surface area contributed by atoms with Gasteiger partial charge in [-0.05, 0) is 31.2 Å². The molecule has 1 heterocycles. The number of benzene rings is 1. The van der Waals surface area contributed by atoms with Crippen molar-refractivity contribution in [3.63, 3.8) is 0 Å². The summed E-state index contributed by atoms with van der Waals surface area (Å²) in [6.07, 6.45) is 0. The Morgan fingerprint density at radius 2 is 1.90 bits per heavy atom. The van der Waals surface area contributed by atoms with Gasteiger partial charge in [0.25, 0.3) is 5.56 Å². The smallest absolute Gasteiger partial charge is 0.330 e. The Morgan fingerprint density at radius 3 is 2.50 bits per heavy atom. The lowest BCUT2D eigenvalue weighted by Crippen LogP contribution is -2.32. The summed E-state index contributed by atoms with van der Waals surface area (Å²) in [7, 11) is 1.32. The standard InChI is InChI=1S/C13H12FN3O3/c1-7(15-9-5-3-8(14)4-6-9)10-11(18)16-13(20)17(2)12(10)19/h3-6,19H,1-2H3,(H,16,18,20). The zero-order chi connectivity index (χ0) is 14.9. The van der Waals surface area contributed by atoms with Gasteiger partial charge in [-0.2, -0.15) is 0 Å². The van der Waals surface area contributed by atoms with Crippen molar-refractivity contribution < 1.29 is 9.50 Å². The number of halogens is 1. The normalized spacial score (nSPS) is 11.7. The molecule has 0 aliphatic heterocycles. The highest BCUT2D eigenvalue weighted by Gasteiger charge is 2.14. The van der Waals surface area contributed by atoms with E-state index >= 15 is 0 Å². The molecule has 6 nitrogen and oxygen atoms in total. The lowest BCUT2D eigenvalue weighted by Gasteiger charge is -2.06. The summed E-state index contributed by atoms with van der Waals surface area (Å²) < 4.78 is 13.7. The molecule has 7 heteroatoms. The van der Waals surface area contributed by atoms with Crippen LogP contribution in [0.5, 0.6) is 5.88 Å². The number of nitrogens with zero attached hydrogens (tertiary/aromatic N) is 2. The second-order valence-corrected chi connectivity index (χ2v) is 4.19. The molecule has 0 spiro atoms. The first-order valence-corrected chi connectivity index (χ1v) is 5.73. The number of hydrogen-bond donors (Lipinski definition) is 2. The first-order valence-electron chi connectivity index (χ1n) is 5.73. The quantitative estimate of drug-likeness (QED) is 0.804. The summed E-state index contributed by atoms with van der Waals surface area (Å²) in [5.41, 5.74) is -0.904. The average molecular weight is 277 g/mol. The van der Waals surface area contributed by atoms with Gasteiger partial charge in [0.05, 0.1) is 11.4 Å². The number of hydrogen-bond acceptors (Lipinski definition) is 4. The molecular weight excluding hydrogens is 265 g/mol. The molecule has 0 aliphatic rings. The first-order chi connectivity index (χ1) is 9.40. The fourth-order valence-electron chi connectivity index (χ4n) is 1.70. The van der Waals surface area contributed by atoms with Crippen molar-refractivity contribution in [1.29, 1.82) is 0 Å². The fraction of sp³-hybridized carbons (Fsp3) is 0.154. The fourth-order valence-corrected chi connectivity index (χ4v) is 1.70. The van der Waals surface area contributed by atoms with Crippen molar-refractivity contribution >= 4 is 11.4 Å². The molecule has 0 unspecified atom stereocenters. The van der Waals surface area contributed by atoms with Crippen LogP contribution in [0, 0.1) is 5.82 Å². The van der Waals surface area contributed by atoms with Crippen LogP contribution in [0.4, 0.5) is 10.1 Å². The van der Waals surface area contributed by atoms with Gasteiger partial charge >= 0.3 is 5.69 Å². The van der Waals surface area contributed by atoms with E-state index in [2.05, 4.69) is 9.98 Å². The summed E-state index contributed by atoms with van der Waals surface area (Å²) in [5.74, 6) is -0.869. The molecule has 0 amide bonds. The maximum atomic E-state index is 12.8. The van der Waals surface area contributed by atoms with Crippen molar-refractivity contribution in [2.75, 3.05) is 0 Å².